The first-order valence-electron chi connectivity index (χ1n) is 8.78. The Hall–Kier alpha value is -1.67. The molecule has 0 bridgehead atoms. The van der Waals surface area contributed by atoms with Crippen LogP contribution in [0.15, 0.2) is 18.2 Å². The van der Waals surface area contributed by atoms with E-state index in [1.165, 1.54) is 12.1 Å². The van der Waals surface area contributed by atoms with Crippen molar-refractivity contribution < 1.29 is 14.2 Å². The number of anilines is 2. The predicted octanol–water partition coefficient (Wildman–Crippen LogP) is 3.80. The lowest BCUT2D eigenvalue weighted by Gasteiger charge is -2.07. The second kappa shape index (κ2) is 20.4. The molecule has 1 unspecified atom stereocenters. The highest BCUT2D eigenvalue weighted by atomic mass is 32.2. The number of nitrogens with zero attached hydrogens (tertiary/aromatic N) is 1. The number of hydrogen-bond acceptors (Lipinski definition) is 6. The second-order valence-electron chi connectivity index (χ2n) is 3.89. The topological polar surface area (TPSA) is 118 Å². The molecule has 0 spiro atoms. The number of nitro groups is 1. The van der Waals surface area contributed by atoms with E-state index in [1.807, 2.05) is 41.5 Å². The molecule has 0 saturated carbocycles. The number of nitro benzene ring substituents is 1. The highest BCUT2D eigenvalue weighted by Gasteiger charge is 2.13. The van der Waals surface area contributed by atoms with E-state index in [4.69, 9.17) is 10.8 Å². The molecule has 0 heterocycles. The van der Waals surface area contributed by atoms with Crippen LogP contribution >= 0.6 is 0 Å². The Morgan fingerprint density at radius 3 is 2.20 bits per heavy atom. The summed E-state index contributed by atoms with van der Waals surface area (Å²) in [5.41, 5.74) is 6.08. The van der Waals surface area contributed by atoms with Gasteiger partial charge in [0.25, 0.3) is 5.69 Å². The maximum atomic E-state index is 11.5. The smallest absolute Gasteiger partial charge is 0.294 e. The minimum atomic E-state index is -1.03. The SMILES string of the molecule is CC.CC.CC.Nc1ccc(NCCS(=O)CCCO)c([N+](=O)[O-])c1. The summed E-state index contributed by atoms with van der Waals surface area (Å²) >= 11 is 0. The van der Waals surface area contributed by atoms with E-state index in [2.05, 4.69) is 5.32 Å². The summed E-state index contributed by atoms with van der Waals surface area (Å²) in [5, 5.41) is 22.3. The number of hydrogen-bond donors (Lipinski definition) is 3. The average Bonchev–Trinajstić information content (AvgIpc) is 2.66. The molecular formula is C17H35N3O4S. The van der Waals surface area contributed by atoms with Crippen molar-refractivity contribution in [2.45, 2.75) is 48.0 Å². The van der Waals surface area contributed by atoms with Gasteiger partial charge in [-0.1, -0.05) is 41.5 Å². The first-order valence-corrected chi connectivity index (χ1v) is 10.3. The summed E-state index contributed by atoms with van der Waals surface area (Å²) in [6.07, 6.45) is 0.495. The molecule has 148 valence electrons. The molecule has 1 aromatic carbocycles. The fourth-order valence-electron chi connectivity index (χ4n) is 1.48. The van der Waals surface area contributed by atoms with Crippen molar-refractivity contribution in [2.75, 3.05) is 35.7 Å². The van der Waals surface area contributed by atoms with Gasteiger partial charge in [-0.2, -0.15) is 0 Å². The van der Waals surface area contributed by atoms with Gasteiger partial charge in [0.1, 0.15) is 5.69 Å². The van der Waals surface area contributed by atoms with Crippen LogP contribution in [0.5, 0.6) is 0 Å². The normalized spacial score (nSPS) is 9.88. The molecule has 0 amide bonds. The Morgan fingerprint density at radius 1 is 1.16 bits per heavy atom. The van der Waals surface area contributed by atoms with Crippen LogP contribution in [0.3, 0.4) is 0 Å². The number of benzene rings is 1. The molecule has 0 radical (unpaired) electrons. The van der Waals surface area contributed by atoms with Crippen molar-refractivity contribution in [1.29, 1.82) is 0 Å². The van der Waals surface area contributed by atoms with E-state index in [1.54, 1.807) is 6.07 Å². The Labute approximate surface area is 154 Å². The van der Waals surface area contributed by atoms with E-state index in [0.717, 1.165) is 0 Å². The monoisotopic (exact) mass is 377 g/mol. The minimum Gasteiger partial charge on any atom is -0.399 e. The van der Waals surface area contributed by atoms with Gasteiger partial charge in [-0.3, -0.25) is 14.3 Å². The summed E-state index contributed by atoms with van der Waals surface area (Å²) in [6, 6.07) is 4.38. The van der Waals surface area contributed by atoms with Gasteiger partial charge in [-0.15, -0.1) is 0 Å². The van der Waals surface area contributed by atoms with Gasteiger partial charge in [-0.05, 0) is 18.6 Å². The third kappa shape index (κ3) is 14.4. The molecule has 25 heavy (non-hydrogen) atoms. The molecule has 4 N–H and O–H groups in total. The third-order valence-corrected chi connectivity index (χ3v) is 3.80. The van der Waals surface area contributed by atoms with E-state index >= 15 is 0 Å². The molecule has 7 nitrogen and oxygen atoms in total. The van der Waals surface area contributed by atoms with Crippen molar-refractivity contribution in [3.05, 3.63) is 28.3 Å². The first kappa shape index (κ1) is 28.1. The van der Waals surface area contributed by atoms with E-state index in [0.29, 0.717) is 35.8 Å². The molecule has 8 heteroatoms. The Morgan fingerprint density at radius 2 is 1.72 bits per heavy atom. The maximum Gasteiger partial charge on any atom is 0.294 e. The van der Waals surface area contributed by atoms with Crippen LogP contribution in [-0.4, -0.2) is 38.9 Å². The van der Waals surface area contributed by atoms with Crippen molar-refractivity contribution in [2.24, 2.45) is 0 Å². The van der Waals surface area contributed by atoms with Gasteiger partial charge in [0.2, 0.25) is 0 Å². The van der Waals surface area contributed by atoms with Gasteiger partial charge in [0, 0.05) is 47.2 Å². The fourth-order valence-corrected chi connectivity index (χ4v) is 2.46. The van der Waals surface area contributed by atoms with Crippen LogP contribution in [0.2, 0.25) is 0 Å². The van der Waals surface area contributed by atoms with Crippen LogP contribution in [0, 0.1) is 10.1 Å². The zero-order valence-corrected chi connectivity index (χ0v) is 17.2. The van der Waals surface area contributed by atoms with Crippen molar-refractivity contribution in [1.82, 2.24) is 0 Å². The highest BCUT2D eigenvalue weighted by Crippen LogP contribution is 2.26. The van der Waals surface area contributed by atoms with Gasteiger partial charge in [0.15, 0.2) is 0 Å². The largest absolute Gasteiger partial charge is 0.399 e. The van der Waals surface area contributed by atoms with E-state index < -0.39 is 15.7 Å². The number of nitrogen functional groups attached to an aromatic ring is 1. The van der Waals surface area contributed by atoms with Crippen LogP contribution in [0.25, 0.3) is 0 Å². The highest BCUT2D eigenvalue weighted by molar-refractivity contribution is 7.85. The van der Waals surface area contributed by atoms with E-state index in [9.17, 15) is 14.3 Å². The van der Waals surface area contributed by atoms with Gasteiger partial charge in [0.05, 0.1) is 4.92 Å². The van der Waals surface area contributed by atoms with Crippen LogP contribution in [0.1, 0.15) is 48.0 Å². The molecule has 0 saturated heterocycles. The molecule has 0 aromatic heterocycles. The summed E-state index contributed by atoms with van der Waals surface area (Å²) in [4.78, 5) is 10.3. The number of nitrogens with two attached hydrogens (primary N) is 1. The lowest BCUT2D eigenvalue weighted by Crippen LogP contribution is -2.14. The number of aliphatic hydroxyl groups excluding tert-OH is 1. The van der Waals surface area contributed by atoms with Crippen LogP contribution < -0.4 is 11.1 Å². The third-order valence-electron chi connectivity index (χ3n) is 2.39. The standard InChI is InChI=1S/C11H17N3O4S.3C2H6/c12-9-2-3-10(11(8-9)14(16)17)13-4-7-19(18)6-1-5-15;3*1-2/h2-3,8,13,15H,1,4-7,12H2;3*1-2H3. The fraction of sp³-hybridized carbons (Fsp3) is 0.647. The molecule has 1 atom stereocenters. The molecule has 0 aliphatic carbocycles. The number of aliphatic hydroxyl groups is 1. The Kier molecular flexibility index (Phi) is 22.9. The zero-order valence-electron chi connectivity index (χ0n) is 16.4. The van der Waals surface area contributed by atoms with Crippen molar-refractivity contribution in [3.63, 3.8) is 0 Å². The molecule has 0 aliphatic heterocycles. The van der Waals surface area contributed by atoms with Gasteiger partial charge in [-0.25, -0.2) is 0 Å². The quantitative estimate of drug-likeness (QED) is 0.360. The first-order chi connectivity index (χ1) is 12.0. The zero-order chi connectivity index (χ0) is 20.3. The molecule has 0 aliphatic rings. The van der Waals surface area contributed by atoms with Crippen LogP contribution in [-0.2, 0) is 10.8 Å². The summed E-state index contributed by atoms with van der Waals surface area (Å²) in [6.45, 7) is 12.4. The lowest BCUT2D eigenvalue weighted by molar-refractivity contribution is -0.383. The van der Waals surface area contributed by atoms with E-state index in [-0.39, 0.29) is 12.3 Å². The molecule has 1 aromatic rings. The van der Waals surface area contributed by atoms with Crippen molar-refractivity contribution >= 4 is 27.9 Å². The van der Waals surface area contributed by atoms with Gasteiger partial charge >= 0.3 is 0 Å². The Balaban J connectivity index is -0.000000725. The Bertz CT molecular complexity index is 471. The average molecular weight is 378 g/mol. The van der Waals surface area contributed by atoms with Gasteiger partial charge < -0.3 is 16.2 Å². The number of rotatable bonds is 8. The molecular weight excluding hydrogens is 342 g/mol. The summed E-state index contributed by atoms with van der Waals surface area (Å²) < 4.78 is 11.5. The second-order valence-corrected chi connectivity index (χ2v) is 5.58. The predicted molar refractivity (Wildman–Crippen MR) is 110 cm³/mol. The maximum absolute atomic E-state index is 11.5. The number of nitrogens with one attached hydrogen (secondary N) is 1. The molecule has 1 rings (SSSR count). The lowest BCUT2D eigenvalue weighted by atomic mass is 10.2. The molecule has 0 fully saturated rings. The van der Waals surface area contributed by atoms with Crippen LogP contribution in [0.4, 0.5) is 17.1 Å². The summed E-state index contributed by atoms with van der Waals surface area (Å²) in [5.74, 6) is 0.809. The van der Waals surface area contributed by atoms with Crippen molar-refractivity contribution in [3.8, 4) is 0 Å². The summed E-state index contributed by atoms with van der Waals surface area (Å²) in [7, 11) is -1.03. The minimum absolute atomic E-state index is 0.0165.